The first-order valence-corrected chi connectivity index (χ1v) is 14.3. The number of alkyl halides is 3. The van der Waals surface area contributed by atoms with Crippen molar-refractivity contribution in [1.29, 1.82) is 0 Å². The number of amides is 1. The Morgan fingerprint density at radius 1 is 0.829 bits per heavy atom. The van der Waals surface area contributed by atoms with E-state index in [0.717, 1.165) is 35.7 Å². The lowest BCUT2D eigenvalue weighted by molar-refractivity contribution is -0.122. The third-order valence-electron chi connectivity index (χ3n) is 5.95. The van der Waals surface area contributed by atoms with E-state index in [-0.39, 0.29) is 11.0 Å². The molecule has 1 amide bonds. The summed E-state index contributed by atoms with van der Waals surface area (Å²) in [5.74, 6) is -0.169. The van der Waals surface area contributed by atoms with Gasteiger partial charge in [-0.05, 0) is 30.1 Å². The number of carbonyl (C=O) groups excluding carboxylic acids is 1. The number of thiocarbonyl (C=S) groups is 1. The molecule has 0 unspecified atom stereocenters. The Kier molecular flexibility index (Phi) is 14.1. The van der Waals surface area contributed by atoms with Crippen LogP contribution >= 0.6 is 47.0 Å². The first-order valence-electron chi connectivity index (χ1n) is 12.7. The van der Waals surface area contributed by atoms with Gasteiger partial charge in [-0.2, -0.15) is 0 Å². The minimum atomic E-state index is -1.77. The van der Waals surface area contributed by atoms with E-state index in [9.17, 15) is 4.79 Å². The zero-order valence-electron chi connectivity index (χ0n) is 20.6. The third-order valence-corrected chi connectivity index (χ3v) is 6.83. The van der Waals surface area contributed by atoms with Crippen molar-refractivity contribution in [3.05, 3.63) is 42.5 Å². The largest absolute Gasteiger partial charge is 0.339 e. The highest BCUT2D eigenvalue weighted by Gasteiger charge is 2.34. The lowest BCUT2D eigenvalue weighted by atomic mass is 10.1. The maximum absolute atomic E-state index is 12.5. The van der Waals surface area contributed by atoms with E-state index in [0.29, 0.717) is 6.42 Å². The molecule has 0 aliphatic heterocycles. The van der Waals surface area contributed by atoms with Crippen molar-refractivity contribution < 1.29 is 4.79 Å². The van der Waals surface area contributed by atoms with Crippen LogP contribution in [-0.4, -0.2) is 21.0 Å². The van der Waals surface area contributed by atoms with Crippen molar-refractivity contribution in [2.24, 2.45) is 0 Å². The second-order valence-corrected chi connectivity index (χ2v) is 11.7. The highest BCUT2D eigenvalue weighted by atomic mass is 35.6. The van der Waals surface area contributed by atoms with Crippen LogP contribution in [0, 0.1) is 0 Å². The van der Waals surface area contributed by atoms with Gasteiger partial charge >= 0.3 is 0 Å². The Hall–Kier alpha value is -1.27. The summed E-state index contributed by atoms with van der Waals surface area (Å²) < 4.78 is -1.77. The normalized spacial score (nSPS) is 12.3. The number of halogens is 3. The molecular formula is C27H38Cl3N3OS. The van der Waals surface area contributed by atoms with Crippen LogP contribution in [0.1, 0.15) is 84.0 Å². The van der Waals surface area contributed by atoms with Gasteiger partial charge < -0.3 is 16.0 Å². The van der Waals surface area contributed by atoms with Gasteiger partial charge in [-0.3, -0.25) is 4.79 Å². The van der Waals surface area contributed by atoms with Gasteiger partial charge in [-0.25, -0.2) is 0 Å². The van der Waals surface area contributed by atoms with E-state index < -0.39 is 9.96 Å². The summed E-state index contributed by atoms with van der Waals surface area (Å²) in [5.41, 5.74) is 0.830. The highest BCUT2D eigenvalue weighted by molar-refractivity contribution is 7.80. The monoisotopic (exact) mass is 557 g/mol. The van der Waals surface area contributed by atoms with Crippen molar-refractivity contribution in [3.63, 3.8) is 0 Å². The molecule has 3 N–H and O–H groups in total. The smallest absolute Gasteiger partial charge is 0.228 e. The Bertz CT molecular complexity index is 915. The molecule has 0 aliphatic carbocycles. The van der Waals surface area contributed by atoms with Gasteiger partial charge in [-0.15, -0.1) is 0 Å². The molecule has 1 atom stereocenters. The van der Waals surface area contributed by atoms with Crippen LogP contribution in [0.2, 0.25) is 0 Å². The summed E-state index contributed by atoms with van der Waals surface area (Å²) in [7, 11) is 0. The number of unbranched alkanes of at least 4 members (excludes halogenated alkanes) is 10. The molecule has 0 saturated heterocycles. The van der Waals surface area contributed by atoms with Gasteiger partial charge in [0.2, 0.25) is 9.70 Å². The minimum Gasteiger partial charge on any atom is -0.339 e. The molecule has 0 aromatic heterocycles. The molecule has 0 saturated carbocycles. The molecule has 0 heterocycles. The van der Waals surface area contributed by atoms with Crippen molar-refractivity contribution >= 4 is 74.5 Å². The number of carbonyl (C=O) groups is 1. The molecule has 2 rings (SSSR count). The lowest BCUT2D eigenvalue weighted by Crippen LogP contribution is -2.56. The molecule has 8 heteroatoms. The van der Waals surface area contributed by atoms with Crippen molar-refractivity contribution in [2.75, 3.05) is 5.32 Å². The maximum atomic E-state index is 12.5. The Balaban J connectivity index is 1.71. The van der Waals surface area contributed by atoms with E-state index in [2.05, 4.69) is 22.9 Å². The van der Waals surface area contributed by atoms with E-state index in [1.807, 2.05) is 42.5 Å². The van der Waals surface area contributed by atoms with Gasteiger partial charge in [0.05, 0.1) is 0 Å². The Morgan fingerprint density at radius 2 is 1.40 bits per heavy atom. The van der Waals surface area contributed by atoms with Gasteiger partial charge in [-0.1, -0.05) is 142 Å². The van der Waals surface area contributed by atoms with E-state index in [4.69, 9.17) is 47.0 Å². The van der Waals surface area contributed by atoms with Crippen LogP contribution in [0.15, 0.2) is 42.5 Å². The Morgan fingerprint density at radius 3 is 2.03 bits per heavy atom. The topological polar surface area (TPSA) is 53.2 Å². The first kappa shape index (κ1) is 30.0. The van der Waals surface area contributed by atoms with Crippen LogP contribution in [0.25, 0.3) is 10.8 Å². The SMILES string of the molecule is CCCCCCCCCCCCCC(=O)N[C@@H](NC(=S)Nc1cccc2ccccc12)C(Cl)(Cl)Cl. The molecule has 0 fully saturated rings. The molecule has 4 nitrogen and oxygen atoms in total. The summed E-state index contributed by atoms with van der Waals surface area (Å²) >= 11 is 23.8. The first-order chi connectivity index (χ1) is 16.8. The van der Waals surface area contributed by atoms with Crippen molar-refractivity contribution in [2.45, 2.75) is 93.9 Å². The molecule has 35 heavy (non-hydrogen) atoms. The fourth-order valence-corrected chi connectivity index (χ4v) is 4.56. The molecule has 2 aromatic rings. The number of nitrogens with one attached hydrogen (secondary N) is 3. The summed E-state index contributed by atoms with van der Waals surface area (Å²) in [4.78, 5) is 12.5. The van der Waals surface area contributed by atoms with Crippen LogP contribution < -0.4 is 16.0 Å². The summed E-state index contributed by atoms with van der Waals surface area (Å²) in [6, 6.07) is 13.9. The van der Waals surface area contributed by atoms with E-state index in [1.54, 1.807) is 0 Å². The minimum absolute atomic E-state index is 0.169. The zero-order chi connectivity index (χ0) is 25.5. The molecule has 0 radical (unpaired) electrons. The zero-order valence-corrected chi connectivity index (χ0v) is 23.6. The van der Waals surface area contributed by atoms with Crippen molar-refractivity contribution in [3.8, 4) is 0 Å². The molecular weight excluding hydrogens is 521 g/mol. The predicted octanol–water partition coefficient (Wildman–Crippen LogP) is 8.64. The molecule has 0 spiro atoms. The third kappa shape index (κ3) is 12.0. The number of benzene rings is 2. The van der Waals surface area contributed by atoms with Gasteiger partial charge in [0.25, 0.3) is 0 Å². The van der Waals surface area contributed by atoms with E-state index >= 15 is 0 Å². The van der Waals surface area contributed by atoms with Gasteiger partial charge in [0, 0.05) is 17.5 Å². The molecule has 2 aromatic carbocycles. The fraction of sp³-hybridized carbons (Fsp3) is 0.556. The Labute approximate surface area is 230 Å². The lowest BCUT2D eigenvalue weighted by Gasteiger charge is -2.28. The predicted molar refractivity (Wildman–Crippen MR) is 157 cm³/mol. The van der Waals surface area contributed by atoms with Gasteiger partial charge in [0.1, 0.15) is 6.17 Å². The molecule has 0 bridgehead atoms. The molecule has 194 valence electrons. The number of rotatable bonds is 15. The van der Waals surface area contributed by atoms with Crippen LogP contribution in [0.4, 0.5) is 5.69 Å². The van der Waals surface area contributed by atoms with Crippen LogP contribution in [0.3, 0.4) is 0 Å². The maximum Gasteiger partial charge on any atom is 0.228 e. The van der Waals surface area contributed by atoms with E-state index in [1.165, 1.54) is 51.4 Å². The van der Waals surface area contributed by atoms with Gasteiger partial charge in [0.15, 0.2) is 5.11 Å². The van der Waals surface area contributed by atoms with Crippen LogP contribution in [0.5, 0.6) is 0 Å². The number of hydrogen-bond acceptors (Lipinski definition) is 2. The quantitative estimate of drug-likeness (QED) is 0.0886. The highest BCUT2D eigenvalue weighted by Crippen LogP contribution is 2.29. The summed E-state index contributed by atoms with van der Waals surface area (Å²) in [6.45, 7) is 2.24. The average Bonchev–Trinajstić information content (AvgIpc) is 2.82. The van der Waals surface area contributed by atoms with Crippen LogP contribution in [-0.2, 0) is 4.79 Å². The summed E-state index contributed by atoms with van der Waals surface area (Å²) in [6.07, 6.45) is 12.9. The average molecular weight is 559 g/mol. The fourth-order valence-electron chi connectivity index (χ4n) is 4.01. The standard InChI is InChI=1S/C27H38Cl3N3OS/c1-2-3-4-5-6-7-8-9-10-11-12-20-24(34)32-25(27(28,29)30)33-26(35)31-23-19-15-17-21-16-13-14-18-22(21)23/h13-19,25H,2-12,20H2,1H3,(H,32,34)(H2,31,33,35)/t25-/m0/s1. The second kappa shape index (κ2) is 16.5. The van der Waals surface area contributed by atoms with Crippen molar-refractivity contribution in [1.82, 2.24) is 10.6 Å². The number of fused-ring (bicyclic) bond motifs is 1. The molecule has 0 aliphatic rings. The number of hydrogen-bond donors (Lipinski definition) is 3. The number of anilines is 1. The summed E-state index contributed by atoms with van der Waals surface area (Å²) in [5, 5.41) is 11.2. The second-order valence-electron chi connectivity index (χ2n) is 8.95.